The Morgan fingerprint density at radius 1 is 1.22 bits per heavy atom. The molecule has 3 N–H and O–H groups in total. The van der Waals surface area contributed by atoms with Crippen molar-refractivity contribution in [3.63, 3.8) is 0 Å². The lowest BCUT2D eigenvalue weighted by atomic mass is 10.0. The van der Waals surface area contributed by atoms with Crippen molar-refractivity contribution in [2.24, 2.45) is 5.73 Å². The van der Waals surface area contributed by atoms with E-state index < -0.39 is 5.91 Å². The van der Waals surface area contributed by atoms with E-state index in [0.29, 0.717) is 23.6 Å². The lowest BCUT2D eigenvalue weighted by Crippen LogP contribution is -2.43. The molecule has 1 aliphatic rings. The molecule has 0 spiro atoms. The molecule has 3 rings (SSSR count). The third-order valence-corrected chi connectivity index (χ3v) is 4.36. The fraction of sp³-hybridized carbons (Fsp3) is 0.300. The first kappa shape index (κ1) is 18.6. The van der Waals surface area contributed by atoms with Gasteiger partial charge in [-0.05, 0) is 36.2 Å². The molecule has 142 valence electrons. The summed E-state index contributed by atoms with van der Waals surface area (Å²) in [5.74, 6) is 0.318. The van der Waals surface area contributed by atoms with Crippen LogP contribution < -0.4 is 20.5 Å². The van der Waals surface area contributed by atoms with Crippen molar-refractivity contribution >= 4 is 17.5 Å². The predicted octanol–water partition coefficient (Wildman–Crippen LogP) is 2.54. The van der Waals surface area contributed by atoms with Crippen molar-refractivity contribution in [1.82, 2.24) is 4.90 Å². The number of nitrogens with two attached hydrogens (primary N) is 1. The van der Waals surface area contributed by atoms with Crippen molar-refractivity contribution in [2.75, 3.05) is 25.6 Å². The van der Waals surface area contributed by atoms with E-state index in [4.69, 9.17) is 15.2 Å². The van der Waals surface area contributed by atoms with Gasteiger partial charge < -0.3 is 25.4 Å². The first-order chi connectivity index (χ1) is 13.0. The van der Waals surface area contributed by atoms with E-state index in [1.807, 2.05) is 37.3 Å². The smallest absolute Gasteiger partial charge is 0.257 e. The van der Waals surface area contributed by atoms with Gasteiger partial charge in [-0.3, -0.25) is 9.59 Å². The maximum Gasteiger partial charge on any atom is 0.257 e. The second kappa shape index (κ2) is 7.99. The number of rotatable bonds is 7. The quantitative estimate of drug-likeness (QED) is 0.782. The Balaban J connectivity index is 1.95. The van der Waals surface area contributed by atoms with Gasteiger partial charge in [-0.1, -0.05) is 25.1 Å². The van der Waals surface area contributed by atoms with Crippen molar-refractivity contribution < 1.29 is 19.1 Å². The molecule has 2 aromatic rings. The third-order valence-electron chi connectivity index (χ3n) is 4.36. The van der Waals surface area contributed by atoms with Crippen LogP contribution in [0.3, 0.4) is 0 Å². The maximum atomic E-state index is 13.0. The summed E-state index contributed by atoms with van der Waals surface area (Å²) < 4.78 is 10.8. The number of nitrogens with one attached hydrogen (secondary N) is 1. The van der Waals surface area contributed by atoms with Crippen LogP contribution in [-0.2, 0) is 4.79 Å². The number of nitrogens with zero attached hydrogens (tertiary/aromatic N) is 1. The van der Waals surface area contributed by atoms with Gasteiger partial charge in [0.05, 0.1) is 12.7 Å². The van der Waals surface area contributed by atoms with E-state index in [-0.39, 0.29) is 18.7 Å². The van der Waals surface area contributed by atoms with Gasteiger partial charge in [0.25, 0.3) is 11.8 Å². The minimum absolute atomic E-state index is 0.00998. The van der Waals surface area contributed by atoms with Gasteiger partial charge in [0, 0.05) is 12.2 Å². The highest BCUT2D eigenvalue weighted by Gasteiger charge is 2.32. The fourth-order valence-corrected chi connectivity index (χ4v) is 3.15. The molecule has 0 bridgehead atoms. The molecule has 7 nitrogen and oxygen atoms in total. The topological polar surface area (TPSA) is 93.9 Å². The van der Waals surface area contributed by atoms with Gasteiger partial charge in [-0.25, -0.2) is 0 Å². The number of para-hydroxylation sites is 1. The lowest BCUT2D eigenvalue weighted by Gasteiger charge is -2.38. The van der Waals surface area contributed by atoms with Gasteiger partial charge in [0.15, 0.2) is 18.1 Å². The van der Waals surface area contributed by atoms with Crippen LogP contribution in [0.4, 0.5) is 5.69 Å². The van der Waals surface area contributed by atoms with Crippen LogP contribution in [0.2, 0.25) is 0 Å². The van der Waals surface area contributed by atoms with E-state index >= 15 is 0 Å². The van der Waals surface area contributed by atoms with Crippen LogP contribution in [-0.4, -0.2) is 37.0 Å². The number of benzene rings is 2. The van der Waals surface area contributed by atoms with Crippen molar-refractivity contribution in [2.45, 2.75) is 19.5 Å². The summed E-state index contributed by atoms with van der Waals surface area (Å²) in [4.78, 5) is 25.7. The molecule has 0 radical (unpaired) electrons. The minimum atomic E-state index is -0.564. The Labute approximate surface area is 158 Å². The molecule has 2 amide bonds. The summed E-state index contributed by atoms with van der Waals surface area (Å²) in [6.45, 7) is 2.42. The van der Waals surface area contributed by atoms with Gasteiger partial charge >= 0.3 is 0 Å². The number of ether oxygens (including phenoxy) is 2. The fourth-order valence-electron chi connectivity index (χ4n) is 3.15. The number of fused-ring (bicyclic) bond motifs is 1. The first-order valence-electron chi connectivity index (χ1n) is 8.80. The predicted molar refractivity (Wildman–Crippen MR) is 102 cm³/mol. The molecule has 7 heteroatoms. The lowest BCUT2D eigenvalue weighted by molar-refractivity contribution is -0.119. The average molecular weight is 369 g/mol. The van der Waals surface area contributed by atoms with Crippen LogP contribution in [0.25, 0.3) is 0 Å². The zero-order chi connectivity index (χ0) is 19.4. The number of anilines is 1. The highest BCUT2D eigenvalue weighted by Crippen LogP contribution is 2.36. The van der Waals surface area contributed by atoms with E-state index in [0.717, 1.165) is 17.7 Å². The Kier molecular flexibility index (Phi) is 5.49. The highest BCUT2D eigenvalue weighted by atomic mass is 16.5. The summed E-state index contributed by atoms with van der Waals surface area (Å²) in [6.07, 6.45) is 0.509. The number of hydrogen-bond donors (Lipinski definition) is 2. The number of carbonyl (C=O) groups excluding carboxylic acids is 2. The zero-order valence-corrected chi connectivity index (χ0v) is 15.4. The number of carbonyl (C=O) groups is 2. The number of primary amides is 1. The van der Waals surface area contributed by atoms with Gasteiger partial charge in [-0.15, -0.1) is 0 Å². The normalized spacial score (nSPS) is 15.7. The second-order valence-electron chi connectivity index (χ2n) is 6.26. The molecular weight excluding hydrogens is 346 g/mol. The number of hydrogen-bond acceptors (Lipinski definition) is 5. The molecule has 1 atom stereocenters. The van der Waals surface area contributed by atoms with E-state index in [9.17, 15) is 9.59 Å². The monoisotopic (exact) mass is 369 g/mol. The largest absolute Gasteiger partial charge is 0.493 e. The average Bonchev–Trinajstić information content (AvgIpc) is 2.68. The molecule has 1 aliphatic heterocycles. The third kappa shape index (κ3) is 3.81. The van der Waals surface area contributed by atoms with Crippen molar-refractivity contribution in [3.8, 4) is 11.5 Å². The van der Waals surface area contributed by atoms with Crippen LogP contribution in [0.1, 0.15) is 35.4 Å². The maximum absolute atomic E-state index is 13.0. The molecule has 0 saturated heterocycles. The summed E-state index contributed by atoms with van der Waals surface area (Å²) in [5, 5.41) is 3.43. The summed E-state index contributed by atoms with van der Waals surface area (Å²) in [7, 11) is 1.52. The number of methoxy groups -OCH3 is 1. The molecule has 0 fully saturated rings. The standard InChI is InChI=1S/C20H23N3O4/c1-3-10-23-19(22-15-7-5-4-6-14(15)20(23)25)13-8-9-16(17(11-13)26-2)27-12-18(21)24/h4-9,11,19,22H,3,10,12H2,1-2H3,(H2,21,24)/t19-/m0/s1. The van der Waals surface area contributed by atoms with Gasteiger partial charge in [0.1, 0.15) is 6.17 Å². The molecular formula is C20H23N3O4. The molecule has 2 aromatic carbocycles. The molecule has 0 aliphatic carbocycles. The molecule has 0 saturated carbocycles. The van der Waals surface area contributed by atoms with Gasteiger partial charge in [-0.2, -0.15) is 0 Å². The SMILES string of the molecule is CCCN1C(=O)c2ccccc2N[C@@H]1c1ccc(OCC(N)=O)c(OC)c1. The first-order valence-corrected chi connectivity index (χ1v) is 8.80. The highest BCUT2D eigenvalue weighted by molar-refractivity contribution is 6.01. The Morgan fingerprint density at radius 2 is 2.00 bits per heavy atom. The molecule has 0 aromatic heterocycles. The minimum Gasteiger partial charge on any atom is -0.493 e. The Morgan fingerprint density at radius 3 is 2.70 bits per heavy atom. The van der Waals surface area contributed by atoms with Crippen LogP contribution in [0, 0.1) is 0 Å². The van der Waals surface area contributed by atoms with Crippen molar-refractivity contribution in [1.29, 1.82) is 0 Å². The summed E-state index contributed by atoms with van der Waals surface area (Å²) in [6, 6.07) is 12.8. The Hall–Kier alpha value is -3.22. The number of amides is 2. The van der Waals surface area contributed by atoms with Crippen molar-refractivity contribution in [3.05, 3.63) is 53.6 Å². The van der Waals surface area contributed by atoms with Gasteiger partial charge in [0.2, 0.25) is 0 Å². The van der Waals surface area contributed by atoms with E-state index in [1.54, 1.807) is 17.0 Å². The molecule has 27 heavy (non-hydrogen) atoms. The van der Waals surface area contributed by atoms with E-state index in [1.165, 1.54) is 7.11 Å². The van der Waals surface area contributed by atoms with E-state index in [2.05, 4.69) is 5.32 Å². The summed E-state index contributed by atoms with van der Waals surface area (Å²) >= 11 is 0. The molecule has 1 heterocycles. The van der Waals surface area contributed by atoms with Crippen LogP contribution in [0.5, 0.6) is 11.5 Å². The zero-order valence-electron chi connectivity index (χ0n) is 15.4. The van der Waals surface area contributed by atoms with Crippen LogP contribution >= 0.6 is 0 Å². The van der Waals surface area contributed by atoms with Crippen LogP contribution in [0.15, 0.2) is 42.5 Å². The second-order valence-corrected chi connectivity index (χ2v) is 6.26. The summed E-state index contributed by atoms with van der Waals surface area (Å²) in [5.41, 5.74) is 7.45. The molecule has 0 unspecified atom stereocenters. The Bertz CT molecular complexity index is 853.